The van der Waals surface area contributed by atoms with Crippen LogP contribution in [0.15, 0.2) is 11.6 Å². The van der Waals surface area contributed by atoms with Gasteiger partial charge in [0.05, 0.1) is 12.7 Å². The number of cyclic esters (lactones) is 1. The highest BCUT2D eigenvalue weighted by atomic mass is 16.5. The Bertz CT molecular complexity index is 897. The molecule has 0 aromatic heterocycles. The second-order valence-electron chi connectivity index (χ2n) is 12.6. The molecular weight excluding hydrogens is 494 g/mol. The molecule has 2 saturated heterocycles. The molecule has 220 valence electrons. The molecule has 1 amide bonds. The normalized spacial score (nSPS) is 34.9. The number of esters is 1. The quantitative estimate of drug-likeness (QED) is 0.246. The first-order valence-electron chi connectivity index (χ1n) is 15.5. The number of carbonyl (C=O) groups excluding carboxylic acids is 4. The van der Waals surface area contributed by atoms with E-state index in [1.165, 1.54) is 10.5 Å². The topological polar surface area (TPSA) is 90.0 Å². The summed E-state index contributed by atoms with van der Waals surface area (Å²) in [4.78, 5) is 54.4. The lowest BCUT2D eigenvalue weighted by atomic mass is 9.86. The molecule has 2 fully saturated rings. The molecule has 39 heavy (non-hydrogen) atoms. The lowest BCUT2D eigenvalue weighted by molar-refractivity contribution is -0.166. The van der Waals surface area contributed by atoms with Gasteiger partial charge in [-0.3, -0.25) is 14.4 Å². The number of rotatable bonds is 2. The third-order valence-corrected chi connectivity index (χ3v) is 8.85. The number of allylic oxidation sites excluding steroid dienone is 2. The highest BCUT2D eigenvalue weighted by Crippen LogP contribution is 2.31. The van der Waals surface area contributed by atoms with Crippen molar-refractivity contribution in [3.63, 3.8) is 0 Å². The van der Waals surface area contributed by atoms with Gasteiger partial charge in [-0.25, -0.2) is 4.79 Å². The predicted molar refractivity (Wildman–Crippen MR) is 151 cm³/mol. The molecule has 0 aliphatic carbocycles. The van der Waals surface area contributed by atoms with Crippen LogP contribution in [-0.2, 0) is 28.7 Å². The first-order valence-corrected chi connectivity index (χ1v) is 15.5. The maximum atomic E-state index is 13.4. The largest absolute Gasteiger partial charge is 0.464 e. The summed E-state index contributed by atoms with van der Waals surface area (Å²) >= 11 is 0. The molecule has 0 spiro atoms. The zero-order valence-corrected chi connectivity index (χ0v) is 24.9. The first-order chi connectivity index (χ1) is 18.6. The van der Waals surface area contributed by atoms with Gasteiger partial charge in [-0.2, -0.15) is 0 Å². The average molecular weight is 546 g/mol. The fourth-order valence-corrected chi connectivity index (χ4v) is 6.39. The van der Waals surface area contributed by atoms with Gasteiger partial charge in [0.2, 0.25) is 5.78 Å². The molecule has 7 heteroatoms. The third kappa shape index (κ3) is 8.99. The molecule has 3 heterocycles. The van der Waals surface area contributed by atoms with Gasteiger partial charge in [-0.1, -0.05) is 45.8 Å². The van der Waals surface area contributed by atoms with Gasteiger partial charge in [-0.15, -0.1) is 0 Å². The van der Waals surface area contributed by atoms with Gasteiger partial charge in [0.1, 0.15) is 17.9 Å². The lowest BCUT2D eigenvalue weighted by Crippen LogP contribution is -2.54. The number of ether oxygens (including phenoxy) is 2. The molecule has 0 radical (unpaired) electrons. The number of nitrogens with zero attached hydrogens (tertiary/aromatic N) is 1. The fourth-order valence-electron chi connectivity index (χ4n) is 6.39. The van der Waals surface area contributed by atoms with Crippen LogP contribution < -0.4 is 0 Å². The highest BCUT2D eigenvalue weighted by molar-refractivity contribution is 6.38. The van der Waals surface area contributed by atoms with Gasteiger partial charge in [-0.05, 0) is 88.9 Å². The Balaban J connectivity index is 1.81. The number of ketones is 2. The van der Waals surface area contributed by atoms with E-state index in [9.17, 15) is 19.2 Å². The summed E-state index contributed by atoms with van der Waals surface area (Å²) in [7, 11) is 0. The van der Waals surface area contributed by atoms with Crippen molar-refractivity contribution in [2.75, 3.05) is 13.2 Å². The molecule has 2 bridgehead atoms. The van der Waals surface area contributed by atoms with Crippen LogP contribution in [0, 0.1) is 23.7 Å². The molecule has 0 aromatic carbocycles. The fraction of sp³-hybridized carbons (Fsp3) is 0.812. The molecule has 0 saturated carbocycles. The van der Waals surface area contributed by atoms with Gasteiger partial charge < -0.3 is 14.4 Å². The number of hydrogen-bond donors (Lipinski definition) is 0. The maximum absolute atomic E-state index is 13.4. The third-order valence-electron chi connectivity index (χ3n) is 8.85. The first kappa shape index (κ1) is 31.5. The number of carbonyl (C=O) groups is 4. The molecule has 3 aliphatic rings. The Morgan fingerprint density at radius 1 is 0.923 bits per heavy atom. The smallest absolute Gasteiger partial charge is 0.328 e. The number of fused-ring (bicyclic) bond motifs is 3. The number of Topliss-reactive ketones (excluding diaryl/α,β-unsaturated/α-hetero) is 2. The minimum Gasteiger partial charge on any atom is -0.464 e. The summed E-state index contributed by atoms with van der Waals surface area (Å²) in [5.41, 5.74) is 1.25. The van der Waals surface area contributed by atoms with Crippen molar-refractivity contribution in [2.24, 2.45) is 23.7 Å². The van der Waals surface area contributed by atoms with Crippen LogP contribution in [0.5, 0.6) is 0 Å². The van der Waals surface area contributed by atoms with Crippen molar-refractivity contribution >= 4 is 23.4 Å². The molecule has 3 aliphatic heterocycles. The van der Waals surface area contributed by atoms with Gasteiger partial charge in [0.15, 0.2) is 0 Å². The molecule has 0 aromatic rings. The van der Waals surface area contributed by atoms with Crippen LogP contribution in [0.3, 0.4) is 0 Å². The Kier molecular flexibility index (Phi) is 12.2. The van der Waals surface area contributed by atoms with Crippen LogP contribution in [0.1, 0.15) is 112 Å². The van der Waals surface area contributed by atoms with Crippen molar-refractivity contribution in [1.82, 2.24) is 4.90 Å². The van der Waals surface area contributed by atoms with Crippen molar-refractivity contribution in [2.45, 2.75) is 130 Å². The minimum absolute atomic E-state index is 0.0298. The molecule has 3 rings (SSSR count). The van der Waals surface area contributed by atoms with E-state index in [1.807, 2.05) is 13.8 Å². The maximum Gasteiger partial charge on any atom is 0.328 e. The summed E-state index contributed by atoms with van der Waals surface area (Å²) in [6.45, 7) is 11.0. The lowest BCUT2D eigenvalue weighted by Gasteiger charge is -2.37. The van der Waals surface area contributed by atoms with E-state index in [4.69, 9.17) is 9.47 Å². The van der Waals surface area contributed by atoms with Gasteiger partial charge in [0, 0.05) is 18.9 Å². The monoisotopic (exact) mass is 545 g/mol. The highest BCUT2D eigenvalue weighted by Gasteiger charge is 2.42. The van der Waals surface area contributed by atoms with Crippen LogP contribution in [0.25, 0.3) is 0 Å². The van der Waals surface area contributed by atoms with Crippen molar-refractivity contribution in [3.05, 3.63) is 11.6 Å². The predicted octanol–water partition coefficient (Wildman–Crippen LogP) is 5.83. The summed E-state index contributed by atoms with van der Waals surface area (Å²) < 4.78 is 11.9. The van der Waals surface area contributed by atoms with Crippen LogP contribution in [0.4, 0.5) is 0 Å². The Morgan fingerprint density at radius 2 is 1.67 bits per heavy atom. The Hall–Kier alpha value is -2.02. The van der Waals surface area contributed by atoms with E-state index in [1.54, 1.807) is 0 Å². The van der Waals surface area contributed by atoms with Crippen LogP contribution >= 0.6 is 0 Å². The average Bonchev–Trinajstić information content (AvgIpc) is 2.92. The van der Waals surface area contributed by atoms with Crippen LogP contribution in [-0.4, -0.2) is 59.7 Å². The SMILES string of the molecule is CCCC1C=C(C)CC(C)CCC2CCC(C)C(O2)C(=O)C(=O)N2CCCCC2C(=O)OCC(C)CCC1=O. The summed E-state index contributed by atoms with van der Waals surface area (Å²) in [5.74, 6) is -0.981. The summed E-state index contributed by atoms with van der Waals surface area (Å²) in [5, 5.41) is 0. The minimum atomic E-state index is -0.762. The Morgan fingerprint density at radius 3 is 2.41 bits per heavy atom. The second-order valence-corrected chi connectivity index (χ2v) is 12.6. The summed E-state index contributed by atoms with van der Waals surface area (Å²) in [6, 6.07) is -0.740. The van der Waals surface area contributed by atoms with Gasteiger partial charge >= 0.3 is 5.97 Å². The van der Waals surface area contributed by atoms with Crippen LogP contribution in [0.2, 0.25) is 0 Å². The summed E-state index contributed by atoms with van der Waals surface area (Å²) in [6.07, 6.45) is 10.8. The number of hydrogen-bond acceptors (Lipinski definition) is 6. The van der Waals surface area contributed by atoms with Crippen molar-refractivity contribution < 1.29 is 28.7 Å². The number of piperidine rings is 1. The van der Waals surface area contributed by atoms with Crippen molar-refractivity contribution in [1.29, 1.82) is 0 Å². The standard InChI is InChI=1S/C32H51NO6/c1-6-9-25-19-23(4)18-21(2)11-14-26-15-13-24(5)30(39-26)29(35)31(36)33-17-8-7-10-27(33)32(37)38-20-22(3)12-16-28(25)34/h19,21-22,24-27,30H,6-18,20H2,1-5H3. The molecule has 0 N–H and O–H groups in total. The second kappa shape index (κ2) is 15.1. The Labute approximate surface area is 235 Å². The number of amides is 1. The van der Waals surface area contributed by atoms with Gasteiger partial charge in [0.25, 0.3) is 5.91 Å². The van der Waals surface area contributed by atoms with E-state index in [0.717, 1.165) is 57.8 Å². The molecule has 7 unspecified atom stereocenters. The van der Waals surface area contributed by atoms with Crippen molar-refractivity contribution in [3.8, 4) is 0 Å². The zero-order chi connectivity index (χ0) is 28.5. The molecular formula is C32H51NO6. The van der Waals surface area contributed by atoms with E-state index in [2.05, 4.69) is 26.8 Å². The van der Waals surface area contributed by atoms with E-state index < -0.39 is 29.8 Å². The van der Waals surface area contributed by atoms with E-state index in [0.29, 0.717) is 31.7 Å². The van der Waals surface area contributed by atoms with E-state index in [-0.39, 0.29) is 36.2 Å². The molecule has 7 atom stereocenters. The van der Waals surface area contributed by atoms with E-state index >= 15 is 0 Å². The molecule has 7 nitrogen and oxygen atoms in total. The zero-order valence-electron chi connectivity index (χ0n) is 24.9.